The van der Waals surface area contributed by atoms with E-state index in [1.807, 2.05) is 19.1 Å². The van der Waals surface area contributed by atoms with Crippen LogP contribution in [0.1, 0.15) is 24.1 Å². The maximum absolute atomic E-state index is 11.0. The Kier molecular flexibility index (Phi) is 3.82. The second-order valence-electron chi connectivity index (χ2n) is 5.96. The number of hydrogen-bond acceptors (Lipinski definition) is 5. The highest BCUT2D eigenvalue weighted by Gasteiger charge is 2.36. The molecule has 6 nitrogen and oxygen atoms in total. The zero-order valence-corrected chi connectivity index (χ0v) is 12.2. The van der Waals surface area contributed by atoms with Crippen molar-refractivity contribution in [2.24, 2.45) is 0 Å². The van der Waals surface area contributed by atoms with Gasteiger partial charge in [0.1, 0.15) is 11.7 Å². The smallest absolute Gasteiger partial charge is 0.407 e. The number of aromatic nitrogens is 1. The molecule has 0 unspecified atom stereocenters. The van der Waals surface area contributed by atoms with E-state index in [9.17, 15) is 9.90 Å². The number of rotatable bonds is 3. The summed E-state index contributed by atoms with van der Waals surface area (Å²) in [6.45, 7) is 4.83. The Bertz CT molecular complexity index is 509. The quantitative estimate of drug-likeness (QED) is 0.861. The van der Waals surface area contributed by atoms with Gasteiger partial charge < -0.3 is 15.2 Å². The zero-order valence-electron chi connectivity index (χ0n) is 12.2. The molecular formula is C15H21N3O3. The van der Waals surface area contributed by atoms with Crippen LogP contribution in [0.15, 0.2) is 18.3 Å². The fourth-order valence-electron chi connectivity index (χ4n) is 2.93. The van der Waals surface area contributed by atoms with Gasteiger partial charge in [-0.05, 0) is 31.4 Å². The second kappa shape index (κ2) is 5.61. The van der Waals surface area contributed by atoms with E-state index < -0.39 is 5.60 Å². The minimum absolute atomic E-state index is 0.0822. The van der Waals surface area contributed by atoms with Gasteiger partial charge in [0.25, 0.3) is 0 Å². The van der Waals surface area contributed by atoms with E-state index >= 15 is 0 Å². The number of amides is 1. The molecule has 2 aliphatic heterocycles. The summed E-state index contributed by atoms with van der Waals surface area (Å²) >= 11 is 0. The summed E-state index contributed by atoms with van der Waals surface area (Å²) in [5.41, 5.74) is 1.01. The molecule has 2 fully saturated rings. The lowest BCUT2D eigenvalue weighted by molar-refractivity contribution is -0.0356. The van der Waals surface area contributed by atoms with Gasteiger partial charge in [-0.3, -0.25) is 9.88 Å². The van der Waals surface area contributed by atoms with Crippen LogP contribution in [-0.4, -0.2) is 53.4 Å². The van der Waals surface area contributed by atoms with Crippen LogP contribution >= 0.6 is 0 Å². The summed E-state index contributed by atoms with van der Waals surface area (Å²) in [5.74, 6) is 0. The lowest BCUT2D eigenvalue weighted by Gasteiger charge is -2.38. The van der Waals surface area contributed by atoms with E-state index in [-0.39, 0.29) is 12.2 Å². The van der Waals surface area contributed by atoms with Crippen molar-refractivity contribution in [2.45, 2.75) is 31.5 Å². The topological polar surface area (TPSA) is 74.7 Å². The summed E-state index contributed by atoms with van der Waals surface area (Å²) < 4.78 is 5.15. The van der Waals surface area contributed by atoms with E-state index in [0.717, 1.165) is 30.9 Å². The van der Waals surface area contributed by atoms with Crippen LogP contribution < -0.4 is 5.32 Å². The lowest BCUT2D eigenvalue weighted by Crippen LogP contribution is -2.46. The number of nitrogens with one attached hydrogen (secondary N) is 1. The Morgan fingerprint density at radius 3 is 2.81 bits per heavy atom. The molecule has 1 atom stereocenters. The number of cyclic esters (lactones) is 1. The van der Waals surface area contributed by atoms with Crippen molar-refractivity contribution >= 4 is 6.09 Å². The summed E-state index contributed by atoms with van der Waals surface area (Å²) in [5, 5.41) is 13.4. The highest BCUT2D eigenvalue weighted by molar-refractivity contribution is 5.69. The van der Waals surface area contributed by atoms with Crippen molar-refractivity contribution in [1.29, 1.82) is 0 Å². The number of alkyl carbamates (subject to hydrolysis) is 1. The van der Waals surface area contributed by atoms with Crippen LogP contribution in [0, 0.1) is 6.92 Å². The van der Waals surface area contributed by atoms with Crippen molar-refractivity contribution in [3.63, 3.8) is 0 Å². The van der Waals surface area contributed by atoms with Gasteiger partial charge in [-0.15, -0.1) is 0 Å². The van der Waals surface area contributed by atoms with Crippen molar-refractivity contribution in [3.8, 4) is 0 Å². The lowest BCUT2D eigenvalue weighted by atomic mass is 9.87. The first-order chi connectivity index (χ1) is 10.0. The number of aryl methyl sites for hydroxylation is 1. The summed E-state index contributed by atoms with van der Waals surface area (Å²) in [4.78, 5) is 17.6. The average molecular weight is 291 g/mol. The molecule has 3 rings (SSSR count). The molecule has 0 bridgehead atoms. The molecule has 0 spiro atoms. The Labute approximate surface area is 124 Å². The van der Waals surface area contributed by atoms with Gasteiger partial charge in [-0.25, -0.2) is 4.79 Å². The molecule has 3 heterocycles. The van der Waals surface area contributed by atoms with Crippen molar-refractivity contribution < 1.29 is 14.6 Å². The van der Waals surface area contributed by atoms with Gasteiger partial charge in [0, 0.05) is 25.8 Å². The Morgan fingerprint density at radius 1 is 1.48 bits per heavy atom. The van der Waals surface area contributed by atoms with E-state index in [1.54, 1.807) is 6.20 Å². The van der Waals surface area contributed by atoms with Crippen LogP contribution in [0.2, 0.25) is 0 Å². The van der Waals surface area contributed by atoms with Crippen molar-refractivity contribution in [2.75, 3.05) is 26.2 Å². The summed E-state index contributed by atoms with van der Waals surface area (Å²) in [7, 11) is 0. The molecule has 2 saturated heterocycles. The van der Waals surface area contributed by atoms with Crippen LogP contribution in [-0.2, 0) is 10.3 Å². The molecule has 0 aliphatic carbocycles. The molecule has 1 aromatic rings. The highest BCUT2D eigenvalue weighted by Crippen LogP contribution is 2.31. The molecular weight excluding hydrogens is 270 g/mol. The van der Waals surface area contributed by atoms with E-state index in [4.69, 9.17) is 4.74 Å². The van der Waals surface area contributed by atoms with Crippen LogP contribution in [0.5, 0.6) is 0 Å². The van der Waals surface area contributed by atoms with Gasteiger partial charge in [0.05, 0.1) is 12.2 Å². The molecule has 6 heteroatoms. The molecule has 1 amide bonds. The summed E-state index contributed by atoms with van der Waals surface area (Å²) in [6, 6.07) is 3.89. The number of pyridine rings is 1. The number of piperidine rings is 1. The van der Waals surface area contributed by atoms with E-state index in [2.05, 4.69) is 15.2 Å². The molecule has 2 N–H and O–H groups in total. The van der Waals surface area contributed by atoms with Crippen LogP contribution in [0.3, 0.4) is 0 Å². The van der Waals surface area contributed by atoms with E-state index in [0.29, 0.717) is 19.4 Å². The molecule has 2 aliphatic rings. The third kappa shape index (κ3) is 3.16. The number of carbonyl (C=O) groups excluding carboxylic acids is 1. The van der Waals surface area contributed by atoms with Crippen molar-refractivity contribution in [1.82, 2.24) is 15.2 Å². The molecule has 0 radical (unpaired) electrons. The molecule has 114 valence electrons. The third-order valence-corrected chi connectivity index (χ3v) is 4.28. The van der Waals surface area contributed by atoms with Crippen LogP contribution in [0.4, 0.5) is 4.79 Å². The van der Waals surface area contributed by atoms with E-state index in [1.165, 1.54) is 0 Å². The Balaban J connectivity index is 1.56. The predicted octanol–water partition coefficient (Wildman–Crippen LogP) is 0.782. The van der Waals surface area contributed by atoms with Gasteiger partial charge in [0.15, 0.2) is 0 Å². The highest BCUT2D eigenvalue weighted by atomic mass is 16.6. The average Bonchev–Trinajstić information content (AvgIpc) is 2.88. The number of hydrogen-bond donors (Lipinski definition) is 2. The monoisotopic (exact) mass is 291 g/mol. The zero-order chi connectivity index (χ0) is 14.9. The second-order valence-corrected chi connectivity index (χ2v) is 5.96. The van der Waals surface area contributed by atoms with Gasteiger partial charge in [0.2, 0.25) is 0 Å². The number of carbonyl (C=O) groups is 1. The number of likely N-dealkylation sites (tertiary alicyclic amines) is 1. The Morgan fingerprint density at radius 2 is 2.24 bits per heavy atom. The Hall–Kier alpha value is -1.66. The standard InChI is InChI=1S/C15H21N3O3/c1-11-2-3-13(16-8-11)15(20)4-6-18(7-5-15)10-12-9-17-14(19)21-12/h2-3,8,12,20H,4-7,9-10H2,1H3,(H,17,19)/t12-/m1/s1. The molecule has 0 saturated carbocycles. The number of aliphatic hydroxyl groups is 1. The first-order valence-corrected chi connectivity index (χ1v) is 7.37. The molecule has 1 aromatic heterocycles. The summed E-state index contributed by atoms with van der Waals surface area (Å²) in [6.07, 6.45) is 2.68. The SMILES string of the molecule is Cc1ccc(C2(O)CCN(C[C@H]3CNC(=O)O3)CC2)nc1. The van der Waals surface area contributed by atoms with Gasteiger partial charge in [-0.2, -0.15) is 0 Å². The predicted molar refractivity (Wildman–Crippen MR) is 76.8 cm³/mol. The maximum Gasteiger partial charge on any atom is 0.407 e. The minimum Gasteiger partial charge on any atom is -0.443 e. The van der Waals surface area contributed by atoms with Crippen molar-refractivity contribution in [3.05, 3.63) is 29.6 Å². The van der Waals surface area contributed by atoms with Gasteiger partial charge >= 0.3 is 6.09 Å². The number of ether oxygens (including phenoxy) is 1. The van der Waals surface area contributed by atoms with Gasteiger partial charge in [-0.1, -0.05) is 6.07 Å². The minimum atomic E-state index is -0.838. The normalized spacial score (nSPS) is 25.4. The first kappa shape index (κ1) is 14.3. The fraction of sp³-hybridized carbons (Fsp3) is 0.600. The number of nitrogens with zero attached hydrogens (tertiary/aromatic N) is 2. The largest absolute Gasteiger partial charge is 0.443 e. The van der Waals surface area contributed by atoms with Crippen LogP contribution in [0.25, 0.3) is 0 Å². The first-order valence-electron chi connectivity index (χ1n) is 7.37. The molecule has 21 heavy (non-hydrogen) atoms. The fourth-order valence-corrected chi connectivity index (χ4v) is 2.93. The third-order valence-electron chi connectivity index (χ3n) is 4.28. The molecule has 0 aromatic carbocycles. The maximum atomic E-state index is 11.0.